The highest BCUT2D eigenvalue weighted by Gasteiger charge is 2.48. The lowest BCUT2D eigenvalue weighted by molar-refractivity contribution is -0.0531. The Kier molecular flexibility index (Phi) is 4.00. The molecular formula is C29H32O. The predicted octanol–water partition coefficient (Wildman–Crippen LogP) is 7.76. The number of hydrogen-bond acceptors (Lipinski definition) is 1. The average Bonchev–Trinajstić information content (AvgIpc) is 3.29. The molecule has 2 aliphatic rings. The molecule has 0 radical (unpaired) electrons. The van der Waals surface area contributed by atoms with Gasteiger partial charge in [0.1, 0.15) is 0 Å². The Morgan fingerprint density at radius 1 is 0.833 bits per heavy atom. The molecule has 2 saturated carbocycles. The van der Waals surface area contributed by atoms with E-state index < -0.39 is 0 Å². The van der Waals surface area contributed by atoms with Crippen molar-refractivity contribution in [3.8, 4) is 0 Å². The maximum Gasteiger partial charge on any atom is 0.0881 e. The van der Waals surface area contributed by atoms with Crippen molar-refractivity contribution >= 4 is 32.3 Å². The maximum absolute atomic E-state index is 6.76. The van der Waals surface area contributed by atoms with Crippen LogP contribution in [0.15, 0.2) is 54.6 Å². The average molecular weight is 397 g/mol. The molecule has 2 fully saturated rings. The molecule has 6 rings (SSSR count). The van der Waals surface area contributed by atoms with Gasteiger partial charge in [0.05, 0.1) is 12.2 Å². The van der Waals surface area contributed by atoms with Crippen LogP contribution in [0.25, 0.3) is 32.3 Å². The van der Waals surface area contributed by atoms with Gasteiger partial charge in [-0.05, 0) is 100 Å². The Morgan fingerprint density at radius 3 is 2.27 bits per heavy atom. The third-order valence-corrected chi connectivity index (χ3v) is 8.85. The second kappa shape index (κ2) is 6.44. The van der Waals surface area contributed by atoms with Crippen molar-refractivity contribution in [3.05, 3.63) is 60.2 Å². The van der Waals surface area contributed by atoms with Gasteiger partial charge < -0.3 is 4.74 Å². The van der Waals surface area contributed by atoms with Crippen LogP contribution in [0.2, 0.25) is 0 Å². The van der Waals surface area contributed by atoms with Gasteiger partial charge in [0.25, 0.3) is 0 Å². The minimum atomic E-state index is -0.305. The van der Waals surface area contributed by atoms with E-state index in [4.69, 9.17) is 4.74 Å². The lowest BCUT2D eigenvalue weighted by atomic mass is 9.76. The van der Waals surface area contributed by atoms with Gasteiger partial charge in [0.2, 0.25) is 0 Å². The molecule has 4 aromatic carbocycles. The molecule has 1 heteroatoms. The predicted molar refractivity (Wildman–Crippen MR) is 127 cm³/mol. The van der Waals surface area contributed by atoms with E-state index in [1.54, 1.807) is 0 Å². The third-order valence-electron chi connectivity index (χ3n) is 8.85. The zero-order valence-electron chi connectivity index (χ0n) is 18.6. The second-order valence-electron chi connectivity index (χ2n) is 10.7. The van der Waals surface area contributed by atoms with Crippen LogP contribution >= 0.6 is 0 Å². The number of benzene rings is 4. The summed E-state index contributed by atoms with van der Waals surface area (Å²) in [6.07, 6.45) is 2.79. The minimum Gasteiger partial charge on any atom is -0.371 e. The first-order chi connectivity index (χ1) is 14.4. The van der Waals surface area contributed by atoms with E-state index in [1.165, 1.54) is 50.7 Å². The zero-order chi connectivity index (χ0) is 20.6. The lowest BCUT2D eigenvalue weighted by Crippen LogP contribution is -2.31. The molecule has 0 amide bonds. The molecule has 0 saturated heterocycles. The van der Waals surface area contributed by atoms with Crippen molar-refractivity contribution in [1.29, 1.82) is 0 Å². The second-order valence-corrected chi connectivity index (χ2v) is 10.7. The van der Waals surface area contributed by atoms with Crippen molar-refractivity contribution < 1.29 is 4.74 Å². The molecular weight excluding hydrogens is 364 g/mol. The minimum absolute atomic E-state index is 0.305. The van der Waals surface area contributed by atoms with Gasteiger partial charge >= 0.3 is 0 Å². The molecule has 0 N–H and O–H groups in total. The van der Waals surface area contributed by atoms with Crippen molar-refractivity contribution in [2.75, 3.05) is 6.61 Å². The summed E-state index contributed by atoms with van der Waals surface area (Å²) in [6.45, 7) is 10.4. The van der Waals surface area contributed by atoms with E-state index in [0.29, 0.717) is 0 Å². The van der Waals surface area contributed by atoms with E-state index in [9.17, 15) is 0 Å². The summed E-state index contributed by atoms with van der Waals surface area (Å²) in [4.78, 5) is 0. The summed E-state index contributed by atoms with van der Waals surface area (Å²) in [5, 5.41) is 8.10. The molecule has 154 valence electrons. The van der Waals surface area contributed by atoms with Crippen molar-refractivity contribution in [3.63, 3.8) is 0 Å². The first-order valence-corrected chi connectivity index (χ1v) is 11.7. The molecule has 5 unspecified atom stereocenters. The fourth-order valence-electron chi connectivity index (χ4n) is 6.94. The zero-order valence-corrected chi connectivity index (χ0v) is 18.6. The topological polar surface area (TPSA) is 9.23 Å². The van der Waals surface area contributed by atoms with Crippen LogP contribution in [0.1, 0.15) is 46.1 Å². The van der Waals surface area contributed by atoms with Crippen molar-refractivity contribution in [2.45, 2.75) is 46.1 Å². The number of rotatable bonds is 4. The molecule has 0 aliphatic heterocycles. The molecule has 0 aromatic heterocycles. The molecule has 2 bridgehead atoms. The Bertz CT molecular complexity index is 1230. The third kappa shape index (κ3) is 2.57. The quantitative estimate of drug-likeness (QED) is 0.320. The molecule has 0 spiro atoms. The van der Waals surface area contributed by atoms with Crippen LogP contribution in [-0.2, 0) is 10.3 Å². The van der Waals surface area contributed by atoms with Crippen LogP contribution in [0.3, 0.4) is 0 Å². The summed E-state index contributed by atoms with van der Waals surface area (Å²) >= 11 is 0. The van der Waals surface area contributed by atoms with Crippen LogP contribution < -0.4 is 0 Å². The van der Waals surface area contributed by atoms with Gasteiger partial charge in [-0.15, -0.1) is 0 Å². The van der Waals surface area contributed by atoms with Crippen molar-refractivity contribution in [2.24, 2.45) is 29.6 Å². The van der Waals surface area contributed by atoms with Crippen LogP contribution in [0.5, 0.6) is 0 Å². The summed E-state index contributed by atoms with van der Waals surface area (Å²) in [5.74, 6) is 4.27. The molecule has 5 atom stereocenters. The smallest absolute Gasteiger partial charge is 0.0881 e. The molecule has 30 heavy (non-hydrogen) atoms. The van der Waals surface area contributed by atoms with E-state index in [2.05, 4.69) is 82.3 Å². The highest BCUT2D eigenvalue weighted by molar-refractivity contribution is 6.23. The SMILES string of the molecule is CC1C2CC(COC(C)(C)c3cc4cccc5ccc6cccc3c6c54)C(C2)C1C. The molecule has 1 nitrogen and oxygen atoms in total. The van der Waals surface area contributed by atoms with E-state index in [-0.39, 0.29) is 5.60 Å². The fourth-order valence-corrected chi connectivity index (χ4v) is 6.94. The van der Waals surface area contributed by atoms with E-state index >= 15 is 0 Å². The Balaban J connectivity index is 1.40. The summed E-state index contributed by atoms with van der Waals surface area (Å²) < 4.78 is 6.76. The van der Waals surface area contributed by atoms with E-state index in [1.807, 2.05) is 0 Å². The number of fused-ring (bicyclic) bond motifs is 2. The van der Waals surface area contributed by atoms with Gasteiger partial charge in [-0.2, -0.15) is 0 Å². The first kappa shape index (κ1) is 18.6. The lowest BCUT2D eigenvalue weighted by Gasteiger charge is -2.35. The molecule has 0 heterocycles. The Hall–Kier alpha value is -2.12. The standard InChI is InChI=1S/C29H32O/c1-17-18(2)25-14-22(17)13-23(25)16-30-29(3,4)26-15-21-9-5-7-19-11-12-20-8-6-10-24(26)28(20)27(19)21/h5-12,15,17-18,22-23,25H,13-14,16H2,1-4H3. The Labute approximate surface area is 179 Å². The number of ether oxygens (including phenoxy) is 1. The Morgan fingerprint density at radius 2 is 1.53 bits per heavy atom. The van der Waals surface area contributed by atoms with Gasteiger partial charge in [0.15, 0.2) is 0 Å². The highest BCUT2D eigenvalue weighted by Crippen LogP contribution is 2.55. The fraction of sp³-hybridized carbons (Fsp3) is 0.448. The van der Waals surface area contributed by atoms with Gasteiger partial charge in [-0.1, -0.05) is 62.4 Å². The van der Waals surface area contributed by atoms with Crippen molar-refractivity contribution in [1.82, 2.24) is 0 Å². The summed E-state index contributed by atoms with van der Waals surface area (Å²) in [7, 11) is 0. The summed E-state index contributed by atoms with van der Waals surface area (Å²) in [5.41, 5.74) is 1.02. The van der Waals surface area contributed by atoms with Crippen LogP contribution in [0.4, 0.5) is 0 Å². The largest absolute Gasteiger partial charge is 0.371 e. The highest BCUT2D eigenvalue weighted by atomic mass is 16.5. The maximum atomic E-state index is 6.76. The normalized spacial score (nSPS) is 29.0. The van der Waals surface area contributed by atoms with E-state index in [0.717, 1.165) is 36.2 Å². The molecule has 4 aromatic rings. The molecule has 2 aliphatic carbocycles. The number of hydrogen-bond donors (Lipinski definition) is 0. The van der Waals surface area contributed by atoms with Gasteiger partial charge in [-0.3, -0.25) is 0 Å². The first-order valence-electron chi connectivity index (χ1n) is 11.7. The summed E-state index contributed by atoms with van der Waals surface area (Å²) in [6, 6.07) is 20.3. The van der Waals surface area contributed by atoms with Crippen LogP contribution in [0, 0.1) is 29.6 Å². The van der Waals surface area contributed by atoms with Crippen LogP contribution in [-0.4, -0.2) is 6.61 Å². The monoisotopic (exact) mass is 396 g/mol. The van der Waals surface area contributed by atoms with Gasteiger partial charge in [0, 0.05) is 0 Å². The van der Waals surface area contributed by atoms with Gasteiger partial charge in [-0.25, -0.2) is 0 Å².